The molecule has 1 aliphatic heterocycles. The van der Waals surface area contributed by atoms with E-state index in [0.29, 0.717) is 16.0 Å². The predicted molar refractivity (Wildman–Crippen MR) is 92.9 cm³/mol. The first-order valence-electron chi connectivity index (χ1n) is 7.74. The maximum Gasteiger partial charge on any atom is 0.375 e. The van der Waals surface area contributed by atoms with Gasteiger partial charge in [0.25, 0.3) is 0 Å². The van der Waals surface area contributed by atoms with Crippen LogP contribution in [0.4, 0.5) is 8.78 Å². The summed E-state index contributed by atoms with van der Waals surface area (Å²) in [5.41, 5.74) is 0.144. The number of rotatable bonds is 4. The van der Waals surface area contributed by atoms with E-state index in [-0.39, 0.29) is 11.5 Å². The van der Waals surface area contributed by atoms with Gasteiger partial charge in [0.05, 0.1) is 5.57 Å². The molecule has 0 N–H and O–H groups in total. The molecule has 7 heteroatoms. The van der Waals surface area contributed by atoms with E-state index in [1.54, 1.807) is 44.4 Å². The van der Waals surface area contributed by atoms with Gasteiger partial charge < -0.3 is 14.0 Å². The summed E-state index contributed by atoms with van der Waals surface area (Å²) in [6, 6.07) is 9.81. The largest absolute Gasteiger partial charge is 0.612 e. The van der Waals surface area contributed by atoms with Crippen LogP contribution in [0.25, 0.3) is 5.57 Å². The summed E-state index contributed by atoms with van der Waals surface area (Å²) in [6.07, 6.45) is 1.57. The summed E-state index contributed by atoms with van der Waals surface area (Å²) in [6.45, 7) is 3.40. The van der Waals surface area contributed by atoms with Crippen LogP contribution in [-0.4, -0.2) is 22.4 Å². The van der Waals surface area contributed by atoms with E-state index in [2.05, 4.69) is 0 Å². The minimum atomic E-state index is -1.13. The lowest BCUT2D eigenvalue weighted by Crippen LogP contribution is -2.22. The first-order valence-corrected chi connectivity index (χ1v) is 9.30. The van der Waals surface area contributed by atoms with Crippen LogP contribution in [0.5, 0.6) is 5.75 Å². The molecule has 0 aromatic heterocycles. The Kier molecular flexibility index (Phi) is 4.77. The molecule has 1 aliphatic rings. The van der Waals surface area contributed by atoms with Crippen LogP contribution < -0.4 is 4.74 Å². The quantitative estimate of drug-likeness (QED) is 0.599. The molecule has 136 valence electrons. The van der Waals surface area contributed by atoms with E-state index in [0.717, 1.165) is 12.1 Å². The molecule has 0 fully saturated rings. The van der Waals surface area contributed by atoms with Gasteiger partial charge in [-0.2, -0.15) is 0 Å². The lowest BCUT2D eigenvalue weighted by molar-refractivity contribution is -0.145. The lowest BCUT2D eigenvalue weighted by Gasteiger charge is -2.21. The molecule has 4 nitrogen and oxygen atoms in total. The van der Waals surface area contributed by atoms with Gasteiger partial charge in [-0.25, -0.2) is 13.6 Å². The average molecular weight is 378 g/mol. The number of carbonyl (C=O) groups is 1. The molecule has 0 amide bonds. The van der Waals surface area contributed by atoms with Crippen molar-refractivity contribution in [2.75, 3.05) is 6.26 Å². The lowest BCUT2D eigenvalue weighted by atomic mass is 9.92. The van der Waals surface area contributed by atoms with Crippen LogP contribution in [0.2, 0.25) is 0 Å². The fourth-order valence-corrected chi connectivity index (χ4v) is 3.27. The summed E-state index contributed by atoms with van der Waals surface area (Å²) in [7, 11) is 0. The van der Waals surface area contributed by atoms with Crippen LogP contribution in [0.15, 0.2) is 53.1 Å². The zero-order valence-electron chi connectivity index (χ0n) is 14.3. The summed E-state index contributed by atoms with van der Waals surface area (Å²) in [5, 5.41) is 0. The van der Waals surface area contributed by atoms with Gasteiger partial charge in [0, 0.05) is 6.07 Å². The fourth-order valence-electron chi connectivity index (χ4n) is 2.75. The molecule has 0 saturated heterocycles. The van der Waals surface area contributed by atoms with E-state index in [4.69, 9.17) is 9.47 Å². The molecule has 2 aromatic rings. The molecule has 26 heavy (non-hydrogen) atoms. The average Bonchev–Trinajstić information content (AvgIpc) is 2.79. The number of cyclic esters (lactones) is 1. The highest BCUT2D eigenvalue weighted by atomic mass is 32.2. The Hall–Kier alpha value is -2.38. The van der Waals surface area contributed by atoms with Crippen molar-refractivity contribution < 1.29 is 27.6 Å². The number of esters is 1. The van der Waals surface area contributed by atoms with Crippen molar-refractivity contribution in [2.45, 2.75) is 24.3 Å². The second kappa shape index (κ2) is 6.74. The molecule has 0 spiro atoms. The van der Waals surface area contributed by atoms with Crippen LogP contribution in [0.1, 0.15) is 19.4 Å². The highest BCUT2D eigenvalue weighted by molar-refractivity contribution is 7.90. The maximum atomic E-state index is 13.4. The zero-order valence-corrected chi connectivity index (χ0v) is 15.2. The Balaban J connectivity index is 2.05. The molecular weight excluding hydrogens is 362 g/mol. The third-order valence-electron chi connectivity index (χ3n) is 3.95. The monoisotopic (exact) mass is 378 g/mol. The summed E-state index contributed by atoms with van der Waals surface area (Å²) in [5.74, 6) is -2.89. The van der Waals surface area contributed by atoms with E-state index in [1.165, 1.54) is 6.07 Å². The number of carbonyl (C=O) groups excluding carboxylic acids is 1. The summed E-state index contributed by atoms with van der Waals surface area (Å²) >= 11 is -1.13. The first kappa shape index (κ1) is 18.4. The third-order valence-corrected chi connectivity index (χ3v) is 4.88. The molecule has 0 aliphatic carbocycles. The molecule has 2 aromatic carbocycles. The highest BCUT2D eigenvalue weighted by Crippen LogP contribution is 2.40. The van der Waals surface area contributed by atoms with Crippen molar-refractivity contribution in [3.63, 3.8) is 0 Å². The molecule has 0 radical (unpaired) electrons. The Morgan fingerprint density at radius 3 is 2.31 bits per heavy atom. The Bertz CT molecular complexity index is 889. The normalized spacial score (nSPS) is 17.2. The summed E-state index contributed by atoms with van der Waals surface area (Å²) < 4.78 is 49.0. The standard InChI is InChI=1S/C19H16F2O4S/c1-19(2)16(11-4-7-13(8-5-11)26(3)23)17(18(22)25-19)24-12-6-9-14(20)15(21)10-12/h4-10H,1-3H3. The highest BCUT2D eigenvalue weighted by Gasteiger charge is 2.43. The van der Waals surface area contributed by atoms with Gasteiger partial charge in [0.15, 0.2) is 16.5 Å². The predicted octanol–water partition coefficient (Wildman–Crippen LogP) is 3.83. The van der Waals surface area contributed by atoms with Gasteiger partial charge in [-0.3, -0.25) is 0 Å². The zero-order chi connectivity index (χ0) is 19.1. The fraction of sp³-hybridized carbons (Fsp3) is 0.211. The van der Waals surface area contributed by atoms with Crippen molar-refractivity contribution in [1.82, 2.24) is 0 Å². The number of hydrogen-bond donors (Lipinski definition) is 0. The van der Waals surface area contributed by atoms with Crippen LogP contribution in [-0.2, 0) is 20.7 Å². The second-order valence-corrected chi connectivity index (χ2v) is 7.64. The van der Waals surface area contributed by atoms with Crippen molar-refractivity contribution in [1.29, 1.82) is 0 Å². The van der Waals surface area contributed by atoms with E-state index >= 15 is 0 Å². The van der Waals surface area contributed by atoms with E-state index < -0.39 is 34.4 Å². The maximum absolute atomic E-state index is 13.4. The van der Waals surface area contributed by atoms with Crippen LogP contribution in [0.3, 0.4) is 0 Å². The molecule has 3 rings (SSSR count). The molecule has 0 bridgehead atoms. The minimum Gasteiger partial charge on any atom is -0.612 e. The first-order chi connectivity index (χ1) is 12.2. The van der Waals surface area contributed by atoms with Crippen LogP contribution in [0, 0.1) is 11.6 Å². The van der Waals surface area contributed by atoms with Gasteiger partial charge in [-0.05, 0) is 67.0 Å². The van der Waals surface area contributed by atoms with Crippen molar-refractivity contribution in [2.24, 2.45) is 0 Å². The molecule has 1 atom stereocenters. The van der Waals surface area contributed by atoms with Crippen molar-refractivity contribution >= 4 is 22.7 Å². The minimum absolute atomic E-state index is 0.0164. The smallest absolute Gasteiger partial charge is 0.375 e. The number of ether oxygens (including phenoxy) is 2. The molecule has 1 unspecified atom stereocenters. The van der Waals surface area contributed by atoms with Crippen molar-refractivity contribution in [3.8, 4) is 5.75 Å². The summed E-state index contributed by atoms with van der Waals surface area (Å²) in [4.78, 5) is 12.9. The number of halogens is 2. The van der Waals surface area contributed by atoms with E-state index in [1.807, 2.05) is 0 Å². The van der Waals surface area contributed by atoms with Gasteiger partial charge >= 0.3 is 5.97 Å². The Morgan fingerprint density at radius 1 is 1.08 bits per heavy atom. The number of hydrogen-bond acceptors (Lipinski definition) is 4. The SMILES string of the molecule is C[S+]([O-])c1ccc(C2=C(Oc3ccc(F)c(F)c3)C(=O)OC2(C)C)cc1. The Labute approximate surface area is 152 Å². The topological polar surface area (TPSA) is 58.6 Å². The van der Waals surface area contributed by atoms with E-state index in [9.17, 15) is 18.1 Å². The number of benzene rings is 2. The van der Waals surface area contributed by atoms with Gasteiger partial charge in [0.1, 0.15) is 17.6 Å². The van der Waals surface area contributed by atoms with Gasteiger partial charge in [-0.15, -0.1) is 0 Å². The van der Waals surface area contributed by atoms with Crippen LogP contribution >= 0.6 is 0 Å². The van der Waals surface area contributed by atoms with Gasteiger partial charge in [-0.1, -0.05) is 0 Å². The van der Waals surface area contributed by atoms with Crippen molar-refractivity contribution in [3.05, 3.63) is 65.4 Å². The van der Waals surface area contributed by atoms with Gasteiger partial charge in [0.2, 0.25) is 5.76 Å². The Morgan fingerprint density at radius 2 is 1.73 bits per heavy atom. The molecular formula is C19H16F2O4S. The third kappa shape index (κ3) is 3.45. The molecule has 1 heterocycles. The molecule has 0 saturated carbocycles. The second-order valence-electron chi connectivity index (χ2n) is 6.26.